The summed E-state index contributed by atoms with van der Waals surface area (Å²) in [6.07, 6.45) is 0. The maximum Gasteiger partial charge on any atom is 0.325 e. The molecule has 0 aromatic heterocycles. The molecule has 1 N–H and O–H groups in total. The number of likely N-dealkylation sites (N-methyl/N-ethyl adjacent to an activating group) is 1. The van der Waals surface area contributed by atoms with Crippen LogP contribution in [0.2, 0.25) is 0 Å². The molecule has 0 fully saturated rings. The fourth-order valence-electron chi connectivity index (χ4n) is 1.07. The average molecular weight is 222 g/mol. The summed E-state index contributed by atoms with van der Waals surface area (Å²) >= 11 is 0. The van der Waals surface area contributed by atoms with Crippen LogP contribution in [0, 0.1) is 0 Å². The minimum Gasteiger partial charge on any atom is -0.468 e. The second kappa shape index (κ2) is 5.75. The Hall–Kier alpha value is -2.04. The number of para-hydroxylation sites is 1. The first-order valence-corrected chi connectivity index (χ1v) is 4.77. The molecule has 1 rings (SSSR count). The number of hydrogen-bond donors (Lipinski definition) is 1. The molecule has 0 aliphatic heterocycles. The van der Waals surface area contributed by atoms with Gasteiger partial charge in [-0.3, -0.25) is 4.79 Å². The summed E-state index contributed by atoms with van der Waals surface area (Å²) in [6, 6.07) is 8.67. The predicted octanol–water partition coefficient (Wildman–Crippen LogP) is 1.32. The van der Waals surface area contributed by atoms with Crippen molar-refractivity contribution in [3.05, 3.63) is 30.3 Å². The van der Waals surface area contributed by atoms with Crippen LogP contribution in [-0.2, 0) is 9.53 Å². The number of hydrogen-bond acceptors (Lipinski definition) is 3. The summed E-state index contributed by atoms with van der Waals surface area (Å²) in [5, 5.41) is 2.65. The molecule has 0 spiro atoms. The summed E-state index contributed by atoms with van der Waals surface area (Å²) in [7, 11) is 2.81. The van der Waals surface area contributed by atoms with Gasteiger partial charge in [-0.2, -0.15) is 0 Å². The van der Waals surface area contributed by atoms with E-state index < -0.39 is 5.97 Å². The molecule has 0 radical (unpaired) electrons. The number of carbonyl (C=O) groups is 2. The van der Waals surface area contributed by atoms with Crippen molar-refractivity contribution >= 4 is 17.7 Å². The quantitative estimate of drug-likeness (QED) is 0.785. The second-order valence-corrected chi connectivity index (χ2v) is 3.23. The van der Waals surface area contributed by atoms with Gasteiger partial charge in [-0.15, -0.1) is 0 Å². The lowest BCUT2D eigenvalue weighted by molar-refractivity contribution is -0.140. The maximum atomic E-state index is 11.6. The maximum absolute atomic E-state index is 11.6. The zero-order chi connectivity index (χ0) is 12.0. The summed E-state index contributed by atoms with van der Waals surface area (Å²) in [5.74, 6) is -0.453. The van der Waals surface area contributed by atoms with Crippen molar-refractivity contribution < 1.29 is 14.3 Å². The number of esters is 1. The highest BCUT2D eigenvalue weighted by atomic mass is 16.5. The molecule has 86 valence electrons. The third kappa shape index (κ3) is 3.61. The van der Waals surface area contributed by atoms with Crippen molar-refractivity contribution in [3.63, 3.8) is 0 Å². The van der Waals surface area contributed by atoms with Gasteiger partial charge in [0.2, 0.25) is 0 Å². The Kier molecular flexibility index (Phi) is 4.32. The molecule has 1 aromatic rings. The van der Waals surface area contributed by atoms with E-state index in [-0.39, 0.29) is 12.6 Å². The Morgan fingerprint density at radius 1 is 1.31 bits per heavy atom. The number of carbonyl (C=O) groups excluding carboxylic acids is 2. The van der Waals surface area contributed by atoms with Crippen LogP contribution in [-0.4, -0.2) is 37.6 Å². The number of urea groups is 1. The third-order valence-electron chi connectivity index (χ3n) is 1.97. The van der Waals surface area contributed by atoms with Gasteiger partial charge in [0.1, 0.15) is 6.54 Å². The first-order valence-electron chi connectivity index (χ1n) is 4.77. The molecule has 0 heterocycles. The number of methoxy groups -OCH3 is 1. The Balaban J connectivity index is 2.49. The first-order chi connectivity index (χ1) is 7.63. The number of benzene rings is 1. The molecule has 16 heavy (non-hydrogen) atoms. The van der Waals surface area contributed by atoms with E-state index in [1.165, 1.54) is 19.1 Å². The van der Waals surface area contributed by atoms with Crippen LogP contribution in [0.1, 0.15) is 0 Å². The van der Waals surface area contributed by atoms with Crippen molar-refractivity contribution in [1.29, 1.82) is 0 Å². The van der Waals surface area contributed by atoms with E-state index in [2.05, 4.69) is 10.1 Å². The molecule has 0 aliphatic rings. The Bertz CT molecular complexity index is 365. The van der Waals surface area contributed by atoms with Crippen LogP contribution in [0.3, 0.4) is 0 Å². The minimum absolute atomic E-state index is 0.0742. The summed E-state index contributed by atoms with van der Waals surface area (Å²) < 4.78 is 4.46. The van der Waals surface area contributed by atoms with Crippen LogP contribution in [0.4, 0.5) is 10.5 Å². The van der Waals surface area contributed by atoms with E-state index in [1.807, 2.05) is 18.2 Å². The van der Waals surface area contributed by atoms with Gasteiger partial charge < -0.3 is 15.0 Å². The Labute approximate surface area is 94.0 Å². The normalized spacial score (nSPS) is 9.38. The summed E-state index contributed by atoms with van der Waals surface area (Å²) in [5.41, 5.74) is 0.684. The number of ether oxygens (including phenoxy) is 1. The third-order valence-corrected chi connectivity index (χ3v) is 1.97. The molecule has 0 unspecified atom stereocenters. The van der Waals surface area contributed by atoms with Gasteiger partial charge in [0.15, 0.2) is 0 Å². The second-order valence-electron chi connectivity index (χ2n) is 3.23. The van der Waals surface area contributed by atoms with Gasteiger partial charge in [-0.1, -0.05) is 18.2 Å². The predicted molar refractivity (Wildman–Crippen MR) is 60.1 cm³/mol. The smallest absolute Gasteiger partial charge is 0.325 e. The molecule has 0 bridgehead atoms. The van der Waals surface area contributed by atoms with Crippen molar-refractivity contribution in [1.82, 2.24) is 4.90 Å². The van der Waals surface area contributed by atoms with E-state index in [0.29, 0.717) is 5.69 Å². The topological polar surface area (TPSA) is 58.6 Å². The molecule has 0 aliphatic carbocycles. The van der Waals surface area contributed by atoms with Crippen molar-refractivity contribution in [2.75, 3.05) is 26.0 Å². The highest BCUT2D eigenvalue weighted by Crippen LogP contribution is 2.05. The van der Waals surface area contributed by atoms with E-state index in [4.69, 9.17) is 0 Å². The van der Waals surface area contributed by atoms with Crippen LogP contribution in [0.25, 0.3) is 0 Å². The largest absolute Gasteiger partial charge is 0.468 e. The molecule has 0 saturated carbocycles. The molecule has 1 aromatic carbocycles. The Morgan fingerprint density at radius 2 is 1.94 bits per heavy atom. The molecule has 0 saturated heterocycles. The van der Waals surface area contributed by atoms with Crippen LogP contribution < -0.4 is 5.32 Å². The fourth-order valence-corrected chi connectivity index (χ4v) is 1.07. The van der Waals surface area contributed by atoms with Gasteiger partial charge in [0.25, 0.3) is 0 Å². The van der Waals surface area contributed by atoms with Gasteiger partial charge in [-0.05, 0) is 12.1 Å². The molecule has 0 atom stereocenters. The molecule has 5 heteroatoms. The summed E-state index contributed by atoms with van der Waals surface area (Å²) in [6.45, 7) is -0.0742. The zero-order valence-electron chi connectivity index (χ0n) is 9.27. The number of nitrogens with one attached hydrogen (secondary N) is 1. The van der Waals surface area contributed by atoms with Crippen LogP contribution >= 0.6 is 0 Å². The number of amides is 2. The number of rotatable bonds is 3. The lowest BCUT2D eigenvalue weighted by Gasteiger charge is -2.16. The molecule has 2 amide bonds. The van der Waals surface area contributed by atoms with Gasteiger partial charge in [0.05, 0.1) is 7.11 Å². The highest BCUT2D eigenvalue weighted by Gasteiger charge is 2.12. The van der Waals surface area contributed by atoms with Gasteiger partial charge in [-0.25, -0.2) is 4.79 Å². The van der Waals surface area contributed by atoms with Gasteiger partial charge >= 0.3 is 12.0 Å². The first kappa shape index (κ1) is 12.0. The lowest BCUT2D eigenvalue weighted by atomic mass is 10.3. The number of nitrogens with zero attached hydrogens (tertiary/aromatic N) is 1. The molecular weight excluding hydrogens is 208 g/mol. The van der Waals surface area contributed by atoms with Crippen LogP contribution in [0.15, 0.2) is 30.3 Å². The average Bonchev–Trinajstić information content (AvgIpc) is 2.30. The standard InChI is InChI=1S/C11H14N2O3/c1-13(8-10(14)16-2)11(15)12-9-6-4-3-5-7-9/h3-7H,8H2,1-2H3,(H,12,15). The number of anilines is 1. The van der Waals surface area contributed by atoms with E-state index in [1.54, 1.807) is 12.1 Å². The van der Waals surface area contributed by atoms with Gasteiger partial charge in [0, 0.05) is 12.7 Å². The molecular formula is C11H14N2O3. The van der Waals surface area contributed by atoms with E-state index >= 15 is 0 Å². The van der Waals surface area contributed by atoms with Crippen LogP contribution in [0.5, 0.6) is 0 Å². The Morgan fingerprint density at radius 3 is 2.50 bits per heavy atom. The zero-order valence-corrected chi connectivity index (χ0v) is 9.27. The van der Waals surface area contributed by atoms with E-state index in [9.17, 15) is 9.59 Å². The van der Waals surface area contributed by atoms with Crippen molar-refractivity contribution in [3.8, 4) is 0 Å². The SMILES string of the molecule is COC(=O)CN(C)C(=O)Nc1ccccc1. The van der Waals surface area contributed by atoms with Crippen molar-refractivity contribution in [2.45, 2.75) is 0 Å². The van der Waals surface area contributed by atoms with E-state index in [0.717, 1.165) is 0 Å². The minimum atomic E-state index is -0.453. The summed E-state index contributed by atoms with van der Waals surface area (Å²) in [4.78, 5) is 23.8. The highest BCUT2D eigenvalue weighted by molar-refractivity contribution is 5.91. The monoisotopic (exact) mass is 222 g/mol. The van der Waals surface area contributed by atoms with Crippen molar-refractivity contribution in [2.24, 2.45) is 0 Å². The molecule has 5 nitrogen and oxygen atoms in total. The lowest BCUT2D eigenvalue weighted by Crippen LogP contribution is -2.35. The fraction of sp³-hybridized carbons (Fsp3) is 0.273.